The predicted molar refractivity (Wildman–Crippen MR) is 66.8 cm³/mol. The van der Waals surface area contributed by atoms with Crippen molar-refractivity contribution in [3.05, 3.63) is 28.0 Å². The fourth-order valence-corrected chi connectivity index (χ4v) is 2.54. The van der Waals surface area contributed by atoms with E-state index in [4.69, 9.17) is 62.7 Å². The zero-order valence-corrected chi connectivity index (χ0v) is 11.6. The van der Waals surface area contributed by atoms with Crippen LogP contribution in [0.4, 0.5) is 0 Å². The Balaban J connectivity index is 2.33. The van der Waals surface area contributed by atoms with Crippen LogP contribution in [0.3, 0.4) is 0 Å². The van der Waals surface area contributed by atoms with Crippen molar-refractivity contribution in [1.82, 2.24) is 4.98 Å². The van der Waals surface area contributed by atoms with Crippen LogP contribution in [0.15, 0.2) is 12.1 Å². The standard InChI is InChI=1S/C9H6Cl5NO/c10-5-1-2-6(11)15-7(5)8(4-16-8)3-9(12,13)14/h1-2H,3-4H2. The van der Waals surface area contributed by atoms with Crippen molar-refractivity contribution in [1.29, 1.82) is 0 Å². The van der Waals surface area contributed by atoms with Gasteiger partial charge in [-0.3, -0.25) is 0 Å². The van der Waals surface area contributed by atoms with Crippen LogP contribution >= 0.6 is 58.0 Å². The molecule has 0 aromatic carbocycles. The number of nitrogens with zero attached hydrogens (tertiary/aromatic N) is 1. The topological polar surface area (TPSA) is 25.4 Å². The first-order chi connectivity index (χ1) is 7.32. The van der Waals surface area contributed by atoms with Crippen LogP contribution in [0.2, 0.25) is 10.2 Å². The summed E-state index contributed by atoms with van der Waals surface area (Å²) in [6.07, 6.45) is 0.192. The van der Waals surface area contributed by atoms with Crippen molar-refractivity contribution in [3.63, 3.8) is 0 Å². The SMILES string of the molecule is Clc1ccc(Cl)c(C2(CC(Cl)(Cl)Cl)CO2)n1. The van der Waals surface area contributed by atoms with Crippen molar-refractivity contribution in [2.24, 2.45) is 0 Å². The molecule has 2 heterocycles. The van der Waals surface area contributed by atoms with Gasteiger partial charge in [0, 0.05) is 6.42 Å². The molecule has 1 saturated heterocycles. The average molecular weight is 321 g/mol. The maximum absolute atomic E-state index is 6.02. The molecule has 88 valence electrons. The molecular weight excluding hydrogens is 315 g/mol. The van der Waals surface area contributed by atoms with Crippen LogP contribution in [0.25, 0.3) is 0 Å². The minimum absolute atomic E-state index is 0.192. The summed E-state index contributed by atoms with van der Waals surface area (Å²) >= 11 is 29.1. The number of aromatic nitrogens is 1. The van der Waals surface area contributed by atoms with Crippen molar-refractivity contribution in [3.8, 4) is 0 Å². The van der Waals surface area contributed by atoms with Crippen molar-refractivity contribution < 1.29 is 4.74 Å². The third kappa shape index (κ3) is 2.87. The van der Waals surface area contributed by atoms with Gasteiger partial charge < -0.3 is 4.74 Å². The predicted octanol–water partition coefficient (Wildman–Crippen LogP) is 4.37. The fraction of sp³-hybridized carbons (Fsp3) is 0.444. The second kappa shape index (κ2) is 4.34. The van der Waals surface area contributed by atoms with E-state index in [-0.39, 0.29) is 6.42 Å². The van der Waals surface area contributed by atoms with E-state index in [2.05, 4.69) is 4.98 Å². The first-order valence-electron chi connectivity index (χ1n) is 4.36. The van der Waals surface area contributed by atoms with E-state index < -0.39 is 9.39 Å². The Morgan fingerprint density at radius 1 is 1.31 bits per heavy atom. The molecule has 1 aliphatic heterocycles. The number of alkyl halides is 3. The third-order valence-corrected chi connectivity index (χ3v) is 3.14. The summed E-state index contributed by atoms with van der Waals surface area (Å²) in [5.74, 6) is 0. The molecule has 1 aromatic heterocycles. The summed E-state index contributed by atoms with van der Waals surface area (Å²) in [6, 6.07) is 3.24. The molecule has 1 atom stereocenters. The average Bonchev–Trinajstić information content (AvgIpc) is 2.87. The molecule has 0 spiro atoms. The zero-order valence-electron chi connectivity index (χ0n) is 7.81. The molecule has 7 heteroatoms. The number of pyridine rings is 1. The maximum atomic E-state index is 6.02. The van der Waals surface area contributed by atoms with Gasteiger partial charge >= 0.3 is 0 Å². The second-order valence-electron chi connectivity index (χ2n) is 3.54. The summed E-state index contributed by atoms with van der Waals surface area (Å²) in [5.41, 5.74) is -0.194. The zero-order chi connectivity index (χ0) is 12.0. The van der Waals surface area contributed by atoms with Crippen LogP contribution in [-0.2, 0) is 10.3 Å². The number of hydrogen-bond donors (Lipinski definition) is 0. The highest BCUT2D eigenvalue weighted by atomic mass is 35.6. The molecule has 0 amide bonds. The Kier molecular flexibility index (Phi) is 3.53. The van der Waals surface area contributed by atoms with E-state index in [1.54, 1.807) is 12.1 Å². The molecule has 2 nitrogen and oxygen atoms in total. The van der Waals surface area contributed by atoms with Gasteiger partial charge in [0.15, 0.2) is 3.79 Å². The van der Waals surface area contributed by atoms with E-state index >= 15 is 0 Å². The maximum Gasteiger partial charge on any atom is 0.193 e. The summed E-state index contributed by atoms with van der Waals surface area (Å²) in [6.45, 7) is 0.425. The Bertz CT molecular complexity index is 413. The van der Waals surface area contributed by atoms with Gasteiger partial charge in [0.25, 0.3) is 0 Å². The summed E-state index contributed by atoms with van der Waals surface area (Å²) in [5, 5.41) is 0.787. The quantitative estimate of drug-likeness (QED) is 0.459. The first kappa shape index (κ1) is 13.0. The lowest BCUT2D eigenvalue weighted by molar-refractivity contribution is 0.289. The van der Waals surface area contributed by atoms with Gasteiger partial charge in [-0.15, -0.1) is 0 Å². The van der Waals surface area contributed by atoms with E-state index in [0.29, 0.717) is 22.5 Å². The highest BCUT2D eigenvalue weighted by Crippen LogP contribution is 2.50. The van der Waals surface area contributed by atoms with Gasteiger partial charge in [-0.05, 0) is 12.1 Å². The Labute approximate surface area is 118 Å². The van der Waals surface area contributed by atoms with E-state index in [0.717, 1.165) is 0 Å². The van der Waals surface area contributed by atoms with Gasteiger partial charge in [0.2, 0.25) is 0 Å². The Hall–Kier alpha value is 0.560. The highest BCUT2D eigenvalue weighted by molar-refractivity contribution is 6.67. The highest BCUT2D eigenvalue weighted by Gasteiger charge is 2.53. The molecule has 0 bridgehead atoms. The van der Waals surface area contributed by atoms with Gasteiger partial charge in [-0.25, -0.2) is 4.98 Å². The summed E-state index contributed by atoms with van der Waals surface area (Å²) in [4.78, 5) is 4.12. The number of epoxide rings is 1. The number of ether oxygens (including phenoxy) is 1. The largest absolute Gasteiger partial charge is 0.363 e. The lowest BCUT2D eigenvalue weighted by Crippen LogP contribution is -2.20. The summed E-state index contributed by atoms with van der Waals surface area (Å²) < 4.78 is 3.92. The minimum Gasteiger partial charge on any atom is -0.363 e. The second-order valence-corrected chi connectivity index (χ2v) is 6.85. The fourth-order valence-electron chi connectivity index (χ4n) is 1.47. The van der Waals surface area contributed by atoms with Crippen LogP contribution in [-0.4, -0.2) is 15.4 Å². The molecule has 1 fully saturated rings. The molecule has 1 unspecified atom stereocenters. The molecule has 1 aromatic rings. The first-order valence-corrected chi connectivity index (χ1v) is 6.25. The Morgan fingerprint density at radius 2 is 1.94 bits per heavy atom. The van der Waals surface area contributed by atoms with Gasteiger partial charge in [-0.2, -0.15) is 0 Å². The number of rotatable bonds is 2. The van der Waals surface area contributed by atoms with Gasteiger partial charge in [-0.1, -0.05) is 58.0 Å². The lowest BCUT2D eigenvalue weighted by Gasteiger charge is -2.18. The molecule has 16 heavy (non-hydrogen) atoms. The molecule has 0 N–H and O–H groups in total. The molecule has 0 radical (unpaired) electrons. The molecule has 0 saturated carbocycles. The van der Waals surface area contributed by atoms with Crippen LogP contribution in [0.5, 0.6) is 0 Å². The van der Waals surface area contributed by atoms with Crippen molar-refractivity contribution in [2.45, 2.75) is 15.8 Å². The smallest absolute Gasteiger partial charge is 0.193 e. The third-order valence-electron chi connectivity index (χ3n) is 2.22. The summed E-state index contributed by atoms with van der Waals surface area (Å²) in [7, 11) is 0. The normalized spacial score (nSPS) is 24.6. The number of halogens is 5. The van der Waals surface area contributed by atoms with Gasteiger partial charge in [0.1, 0.15) is 10.8 Å². The van der Waals surface area contributed by atoms with E-state index in [9.17, 15) is 0 Å². The Morgan fingerprint density at radius 3 is 2.44 bits per heavy atom. The molecule has 0 aliphatic carbocycles. The monoisotopic (exact) mass is 319 g/mol. The molecule has 2 rings (SSSR count). The van der Waals surface area contributed by atoms with Crippen LogP contribution < -0.4 is 0 Å². The minimum atomic E-state index is -1.41. The van der Waals surface area contributed by atoms with E-state index in [1.165, 1.54) is 0 Å². The van der Waals surface area contributed by atoms with Crippen LogP contribution in [0, 0.1) is 0 Å². The van der Waals surface area contributed by atoms with Crippen molar-refractivity contribution >= 4 is 58.0 Å². The molecule has 1 aliphatic rings. The van der Waals surface area contributed by atoms with Crippen LogP contribution in [0.1, 0.15) is 12.1 Å². The van der Waals surface area contributed by atoms with Gasteiger partial charge in [0.05, 0.1) is 17.3 Å². The lowest BCUT2D eigenvalue weighted by atomic mass is 10.0. The van der Waals surface area contributed by atoms with E-state index in [1.807, 2.05) is 0 Å². The van der Waals surface area contributed by atoms with Crippen molar-refractivity contribution in [2.75, 3.05) is 6.61 Å². The molecular formula is C9H6Cl5NO. The number of hydrogen-bond acceptors (Lipinski definition) is 2.